The summed E-state index contributed by atoms with van der Waals surface area (Å²) in [5, 5.41) is 11.1. The summed E-state index contributed by atoms with van der Waals surface area (Å²) in [7, 11) is 0. The molecule has 0 atom stereocenters. The molecule has 1 fully saturated rings. The number of amides is 1. The highest BCUT2D eigenvalue weighted by atomic mass is 16.1. The predicted octanol–water partition coefficient (Wildman–Crippen LogP) is 2.84. The van der Waals surface area contributed by atoms with E-state index in [1.807, 2.05) is 12.1 Å². The van der Waals surface area contributed by atoms with E-state index in [-0.39, 0.29) is 5.91 Å². The Morgan fingerprint density at radius 2 is 2.10 bits per heavy atom. The second-order valence-electron chi connectivity index (χ2n) is 5.60. The first-order valence-electron chi connectivity index (χ1n) is 7.57. The van der Waals surface area contributed by atoms with Crippen molar-refractivity contribution in [3.05, 3.63) is 12.1 Å². The molecule has 110 valence electrons. The van der Waals surface area contributed by atoms with Crippen molar-refractivity contribution in [3.8, 4) is 0 Å². The van der Waals surface area contributed by atoms with Gasteiger partial charge in [0.2, 0.25) is 5.91 Å². The van der Waals surface area contributed by atoms with Crippen LogP contribution in [0.2, 0.25) is 0 Å². The summed E-state index contributed by atoms with van der Waals surface area (Å²) in [5.74, 6) is 2.26. The highest BCUT2D eigenvalue weighted by Crippen LogP contribution is 2.21. The second kappa shape index (κ2) is 7.22. The van der Waals surface area contributed by atoms with Gasteiger partial charge in [0.15, 0.2) is 11.6 Å². The summed E-state index contributed by atoms with van der Waals surface area (Å²) in [6.07, 6.45) is 4.88. The van der Waals surface area contributed by atoms with E-state index in [1.54, 1.807) is 0 Å². The quantitative estimate of drug-likeness (QED) is 0.898. The van der Waals surface area contributed by atoms with E-state index in [0.29, 0.717) is 12.2 Å². The number of unbranched alkanes of at least 4 members (excludes halogenated alkanes) is 1. The van der Waals surface area contributed by atoms with E-state index >= 15 is 0 Å². The lowest BCUT2D eigenvalue weighted by Crippen LogP contribution is -2.33. The Morgan fingerprint density at radius 3 is 2.70 bits per heavy atom. The van der Waals surface area contributed by atoms with Gasteiger partial charge in [0.1, 0.15) is 0 Å². The van der Waals surface area contributed by atoms with Crippen molar-refractivity contribution in [1.82, 2.24) is 10.2 Å². The largest absolute Gasteiger partial charge is 0.355 e. The van der Waals surface area contributed by atoms with Crippen molar-refractivity contribution in [2.75, 3.05) is 23.3 Å². The van der Waals surface area contributed by atoms with Crippen molar-refractivity contribution in [1.29, 1.82) is 0 Å². The number of carbonyl (C=O) groups excluding carboxylic acids is 1. The lowest BCUT2D eigenvalue weighted by Gasteiger charge is -2.30. The zero-order valence-corrected chi connectivity index (χ0v) is 12.4. The van der Waals surface area contributed by atoms with Gasteiger partial charge in [-0.25, -0.2) is 0 Å². The fourth-order valence-corrected chi connectivity index (χ4v) is 2.34. The first-order chi connectivity index (χ1) is 9.69. The van der Waals surface area contributed by atoms with Gasteiger partial charge in [-0.15, -0.1) is 10.2 Å². The van der Waals surface area contributed by atoms with Crippen molar-refractivity contribution >= 4 is 17.5 Å². The van der Waals surface area contributed by atoms with Gasteiger partial charge < -0.3 is 10.2 Å². The van der Waals surface area contributed by atoms with Gasteiger partial charge in [0.05, 0.1) is 0 Å². The van der Waals surface area contributed by atoms with Crippen LogP contribution in [-0.4, -0.2) is 29.2 Å². The van der Waals surface area contributed by atoms with Crippen molar-refractivity contribution in [3.63, 3.8) is 0 Å². The van der Waals surface area contributed by atoms with Gasteiger partial charge in [-0.3, -0.25) is 4.79 Å². The molecule has 0 unspecified atom stereocenters. The molecule has 2 heterocycles. The van der Waals surface area contributed by atoms with Crippen LogP contribution in [0.1, 0.15) is 46.0 Å². The van der Waals surface area contributed by atoms with Crippen LogP contribution in [0.15, 0.2) is 12.1 Å². The van der Waals surface area contributed by atoms with Gasteiger partial charge in [0.25, 0.3) is 0 Å². The standard InChI is InChI=1S/C15H24N4O/c1-3-4-5-15(20)16-13-6-7-14(18-17-13)19-10-8-12(2)9-11-19/h6-7,12H,3-5,8-11H2,1-2H3,(H,16,17,20). The van der Waals surface area contributed by atoms with Crippen LogP contribution < -0.4 is 10.2 Å². The molecule has 2 rings (SSSR count). The molecule has 1 aliphatic rings. The number of carbonyl (C=O) groups is 1. The Kier molecular flexibility index (Phi) is 5.32. The van der Waals surface area contributed by atoms with Crippen LogP contribution in [0.3, 0.4) is 0 Å². The average Bonchev–Trinajstić information content (AvgIpc) is 2.47. The predicted molar refractivity (Wildman–Crippen MR) is 80.8 cm³/mol. The Bertz CT molecular complexity index is 424. The number of anilines is 2. The summed E-state index contributed by atoms with van der Waals surface area (Å²) in [4.78, 5) is 13.9. The molecule has 1 N–H and O–H groups in total. The Morgan fingerprint density at radius 1 is 1.35 bits per heavy atom. The number of nitrogens with one attached hydrogen (secondary N) is 1. The number of aromatic nitrogens is 2. The number of piperidine rings is 1. The van der Waals surface area contributed by atoms with E-state index in [2.05, 4.69) is 34.3 Å². The van der Waals surface area contributed by atoms with Gasteiger partial charge in [-0.05, 0) is 37.3 Å². The van der Waals surface area contributed by atoms with Crippen LogP contribution in [0.4, 0.5) is 11.6 Å². The Balaban J connectivity index is 1.88. The lowest BCUT2D eigenvalue weighted by atomic mass is 9.99. The fourth-order valence-electron chi connectivity index (χ4n) is 2.34. The van der Waals surface area contributed by atoms with Crippen molar-refractivity contribution in [2.45, 2.75) is 46.0 Å². The highest BCUT2D eigenvalue weighted by molar-refractivity contribution is 5.89. The molecule has 0 saturated carbocycles. The van der Waals surface area contributed by atoms with E-state index in [0.717, 1.165) is 37.7 Å². The molecule has 1 aliphatic heterocycles. The molecule has 0 aromatic carbocycles. The summed E-state index contributed by atoms with van der Waals surface area (Å²) < 4.78 is 0. The first-order valence-corrected chi connectivity index (χ1v) is 7.57. The Hall–Kier alpha value is -1.65. The normalized spacial score (nSPS) is 16.2. The van der Waals surface area contributed by atoms with Crippen LogP contribution in [0.25, 0.3) is 0 Å². The van der Waals surface area contributed by atoms with Crippen LogP contribution in [0, 0.1) is 5.92 Å². The number of nitrogens with zero attached hydrogens (tertiary/aromatic N) is 3. The minimum Gasteiger partial charge on any atom is -0.355 e. The first kappa shape index (κ1) is 14.8. The number of hydrogen-bond donors (Lipinski definition) is 1. The van der Waals surface area contributed by atoms with Gasteiger partial charge in [-0.1, -0.05) is 20.3 Å². The summed E-state index contributed by atoms with van der Waals surface area (Å²) in [6.45, 7) is 6.44. The monoisotopic (exact) mass is 276 g/mol. The molecule has 0 bridgehead atoms. The molecule has 0 spiro atoms. The maximum Gasteiger partial charge on any atom is 0.225 e. The summed E-state index contributed by atoms with van der Waals surface area (Å²) >= 11 is 0. The molecule has 0 radical (unpaired) electrons. The lowest BCUT2D eigenvalue weighted by molar-refractivity contribution is -0.116. The molecule has 5 nitrogen and oxygen atoms in total. The second-order valence-corrected chi connectivity index (χ2v) is 5.60. The van der Waals surface area contributed by atoms with Gasteiger partial charge >= 0.3 is 0 Å². The number of hydrogen-bond acceptors (Lipinski definition) is 4. The van der Waals surface area contributed by atoms with Gasteiger partial charge in [-0.2, -0.15) is 0 Å². The molecule has 0 aliphatic carbocycles. The molecule has 1 aromatic heterocycles. The molecule has 1 aromatic rings. The van der Waals surface area contributed by atoms with Gasteiger partial charge in [0, 0.05) is 19.5 Å². The SMILES string of the molecule is CCCCC(=O)Nc1ccc(N2CCC(C)CC2)nn1. The van der Waals surface area contributed by atoms with Crippen LogP contribution >= 0.6 is 0 Å². The van der Waals surface area contributed by atoms with Crippen LogP contribution in [-0.2, 0) is 4.79 Å². The third kappa shape index (κ3) is 4.18. The van der Waals surface area contributed by atoms with E-state index in [9.17, 15) is 4.79 Å². The minimum atomic E-state index is 0.0145. The Labute approximate surface area is 120 Å². The minimum absolute atomic E-state index is 0.0145. The maximum atomic E-state index is 11.6. The van der Waals surface area contributed by atoms with Crippen LogP contribution in [0.5, 0.6) is 0 Å². The zero-order valence-electron chi connectivity index (χ0n) is 12.4. The van der Waals surface area contributed by atoms with Crippen molar-refractivity contribution in [2.24, 2.45) is 5.92 Å². The summed E-state index contributed by atoms with van der Waals surface area (Å²) in [5.41, 5.74) is 0. The summed E-state index contributed by atoms with van der Waals surface area (Å²) in [6, 6.07) is 3.78. The smallest absolute Gasteiger partial charge is 0.225 e. The topological polar surface area (TPSA) is 58.1 Å². The molecule has 1 amide bonds. The third-order valence-electron chi connectivity index (χ3n) is 3.78. The molecular weight excluding hydrogens is 252 g/mol. The van der Waals surface area contributed by atoms with E-state index in [4.69, 9.17) is 0 Å². The maximum absolute atomic E-state index is 11.6. The fraction of sp³-hybridized carbons (Fsp3) is 0.667. The zero-order chi connectivity index (χ0) is 14.4. The molecule has 5 heteroatoms. The molecule has 1 saturated heterocycles. The van der Waals surface area contributed by atoms with E-state index < -0.39 is 0 Å². The third-order valence-corrected chi connectivity index (χ3v) is 3.78. The van der Waals surface area contributed by atoms with Crippen molar-refractivity contribution < 1.29 is 4.79 Å². The highest BCUT2D eigenvalue weighted by Gasteiger charge is 2.17. The van der Waals surface area contributed by atoms with E-state index in [1.165, 1.54) is 12.8 Å². The molecule has 20 heavy (non-hydrogen) atoms. The number of rotatable bonds is 5. The molecular formula is C15H24N4O. The average molecular weight is 276 g/mol.